The minimum Gasteiger partial charge on any atom is -0.466 e. The number of amidine groups is 1. The maximum atomic E-state index is 12.7. The van der Waals surface area contributed by atoms with E-state index in [4.69, 9.17) is 15.9 Å². The first kappa shape index (κ1) is 21.9. The highest BCUT2D eigenvalue weighted by atomic mass is 16.5. The molecule has 3 rings (SSSR count). The Morgan fingerprint density at radius 1 is 1.19 bits per heavy atom. The van der Waals surface area contributed by atoms with Crippen LogP contribution in [0, 0.1) is 17.2 Å². The van der Waals surface area contributed by atoms with E-state index in [2.05, 4.69) is 15.6 Å². The third-order valence-electron chi connectivity index (χ3n) is 5.01. The zero-order valence-electron chi connectivity index (χ0n) is 17.1. The van der Waals surface area contributed by atoms with Crippen LogP contribution in [0.4, 0.5) is 5.69 Å². The van der Waals surface area contributed by atoms with E-state index in [0.717, 1.165) is 0 Å². The van der Waals surface area contributed by atoms with Crippen molar-refractivity contribution in [3.8, 4) is 0 Å². The molecule has 1 heterocycles. The minimum atomic E-state index is -0.580. The molecule has 9 heteroatoms. The molecular formula is C22H25N5O4. The molecule has 0 aliphatic heterocycles. The number of anilines is 1. The van der Waals surface area contributed by atoms with Crippen molar-refractivity contribution < 1.29 is 19.1 Å². The van der Waals surface area contributed by atoms with Gasteiger partial charge in [0.25, 0.3) is 0 Å². The number of nitrogens with zero attached hydrogens (tertiary/aromatic N) is 1. The number of pyridine rings is 1. The largest absolute Gasteiger partial charge is 0.466 e. The highest BCUT2D eigenvalue weighted by Crippen LogP contribution is 2.40. The Morgan fingerprint density at radius 3 is 2.52 bits per heavy atom. The number of esters is 1. The van der Waals surface area contributed by atoms with Gasteiger partial charge in [0.05, 0.1) is 30.9 Å². The van der Waals surface area contributed by atoms with E-state index in [-0.39, 0.29) is 30.7 Å². The number of hydrogen-bond donors (Lipinski definition) is 4. The van der Waals surface area contributed by atoms with Gasteiger partial charge in [-0.3, -0.25) is 24.8 Å². The van der Waals surface area contributed by atoms with Gasteiger partial charge in [0.15, 0.2) is 0 Å². The quantitative estimate of drug-likeness (QED) is 0.274. The van der Waals surface area contributed by atoms with E-state index in [1.54, 1.807) is 55.7 Å². The SMILES string of the molecule is CCOC(=O)CC(NC(=O)C1CC1C(=O)Nc1ccc(C(=N)N)cc1)c1cccnc1. The molecule has 0 bridgehead atoms. The van der Waals surface area contributed by atoms with Crippen molar-refractivity contribution in [2.45, 2.75) is 25.8 Å². The number of ether oxygens (including phenoxy) is 1. The van der Waals surface area contributed by atoms with Crippen LogP contribution in [0.15, 0.2) is 48.8 Å². The van der Waals surface area contributed by atoms with E-state index < -0.39 is 23.8 Å². The van der Waals surface area contributed by atoms with Crippen molar-refractivity contribution >= 4 is 29.3 Å². The first-order valence-corrected chi connectivity index (χ1v) is 10.00. The Kier molecular flexibility index (Phi) is 6.96. The molecule has 3 unspecified atom stereocenters. The van der Waals surface area contributed by atoms with Gasteiger partial charge in [0.1, 0.15) is 5.84 Å². The molecule has 9 nitrogen and oxygen atoms in total. The van der Waals surface area contributed by atoms with Crippen molar-refractivity contribution in [2.75, 3.05) is 11.9 Å². The second kappa shape index (κ2) is 9.84. The maximum absolute atomic E-state index is 12.7. The van der Waals surface area contributed by atoms with Gasteiger partial charge in [0.2, 0.25) is 11.8 Å². The van der Waals surface area contributed by atoms with Crippen LogP contribution in [-0.2, 0) is 19.1 Å². The number of hydrogen-bond acceptors (Lipinski definition) is 6. The number of nitrogens with one attached hydrogen (secondary N) is 3. The van der Waals surface area contributed by atoms with E-state index >= 15 is 0 Å². The molecule has 0 saturated heterocycles. The molecule has 2 amide bonds. The predicted molar refractivity (Wildman–Crippen MR) is 114 cm³/mol. The third-order valence-corrected chi connectivity index (χ3v) is 5.01. The van der Waals surface area contributed by atoms with Crippen LogP contribution in [-0.4, -0.2) is 35.2 Å². The summed E-state index contributed by atoms with van der Waals surface area (Å²) in [5, 5.41) is 13.0. The summed E-state index contributed by atoms with van der Waals surface area (Å²) >= 11 is 0. The fourth-order valence-corrected chi connectivity index (χ4v) is 3.24. The fraction of sp³-hybridized carbons (Fsp3) is 0.318. The number of nitrogens with two attached hydrogens (primary N) is 1. The Labute approximate surface area is 179 Å². The predicted octanol–water partition coefficient (Wildman–Crippen LogP) is 1.75. The van der Waals surface area contributed by atoms with Crippen molar-refractivity contribution in [3.05, 3.63) is 59.9 Å². The summed E-state index contributed by atoms with van der Waals surface area (Å²) in [7, 11) is 0. The molecule has 0 spiro atoms. The number of rotatable bonds is 9. The Morgan fingerprint density at radius 2 is 1.90 bits per heavy atom. The van der Waals surface area contributed by atoms with Gasteiger partial charge in [-0.1, -0.05) is 6.07 Å². The summed E-state index contributed by atoms with van der Waals surface area (Å²) in [6, 6.07) is 9.52. The van der Waals surface area contributed by atoms with Gasteiger partial charge in [-0.2, -0.15) is 0 Å². The van der Waals surface area contributed by atoms with Crippen LogP contribution in [0.3, 0.4) is 0 Å². The molecule has 1 fully saturated rings. The van der Waals surface area contributed by atoms with Crippen LogP contribution >= 0.6 is 0 Å². The summed E-state index contributed by atoms with van der Waals surface area (Å²) in [5.74, 6) is -1.91. The minimum absolute atomic E-state index is 0.0165. The number of nitrogen functional groups attached to an aromatic ring is 1. The molecule has 162 valence electrons. The number of aromatic nitrogens is 1. The summed E-state index contributed by atoms with van der Waals surface area (Å²) in [6.07, 6.45) is 3.61. The summed E-state index contributed by atoms with van der Waals surface area (Å²) in [4.78, 5) is 41.2. The zero-order valence-corrected chi connectivity index (χ0v) is 17.1. The Hall–Kier alpha value is -3.75. The van der Waals surface area contributed by atoms with Gasteiger partial charge in [-0.25, -0.2) is 0 Å². The fourth-order valence-electron chi connectivity index (χ4n) is 3.24. The summed E-state index contributed by atoms with van der Waals surface area (Å²) in [5.41, 5.74) is 7.24. The third kappa shape index (κ3) is 5.88. The van der Waals surface area contributed by atoms with E-state index in [0.29, 0.717) is 23.2 Å². The molecule has 1 aromatic heterocycles. The second-order valence-electron chi connectivity index (χ2n) is 7.29. The molecule has 1 aliphatic carbocycles. The Balaban J connectivity index is 1.58. The average molecular weight is 423 g/mol. The second-order valence-corrected chi connectivity index (χ2v) is 7.29. The highest BCUT2D eigenvalue weighted by molar-refractivity contribution is 6.00. The van der Waals surface area contributed by atoms with Gasteiger partial charge < -0.3 is 21.1 Å². The first-order chi connectivity index (χ1) is 14.9. The molecule has 31 heavy (non-hydrogen) atoms. The number of carbonyl (C=O) groups is 3. The van der Waals surface area contributed by atoms with Crippen LogP contribution < -0.4 is 16.4 Å². The topological polar surface area (TPSA) is 147 Å². The van der Waals surface area contributed by atoms with E-state index in [1.165, 1.54) is 0 Å². The van der Waals surface area contributed by atoms with Crippen molar-refractivity contribution in [1.82, 2.24) is 10.3 Å². The molecule has 3 atom stereocenters. The van der Waals surface area contributed by atoms with Gasteiger partial charge in [-0.05, 0) is 49.2 Å². The molecule has 1 aliphatic rings. The maximum Gasteiger partial charge on any atom is 0.308 e. The van der Waals surface area contributed by atoms with Crippen molar-refractivity contribution in [1.29, 1.82) is 5.41 Å². The van der Waals surface area contributed by atoms with Crippen molar-refractivity contribution in [3.63, 3.8) is 0 Å². The van der Waals surface area contributed by atoms with E-state index in [1.807, 2.05) is 0 Å². The summed E-state index contributed by atoms with van der Waals surface area (Å²) in [6.45, 7) is 1.97. The lowest BCUT2D eigenvalue weighted by atomic mass is 10.1. The lowest BCUT2D eigenvalue weighted by molar-refractivity contribution is -0.144. The van der Waals surface area contributed by atoms with Crippen LogP contribution in [0.1, 0.15) is 36.9 Å². The van der Waals surface area contributed by atoms with Crippen LogP contribution in [0.25, 0.3) is 0 Å². The van der Waals surface area contributed by atoms with E-state index in [9.17, 15) is 14.4 Å². The molecule has 1 aromatic carbocycles. The number of amides is 2. The van der Waals surface area contributed by atoms with Crippen LogP contribution in [0.2, 0.25) is 0 Å². The lowest BCUT2D eigenvalue weighted by Gasteiger charge is -2.18. The number of benzene rings is 1. The molecule has 5 N–H and O–H groups in total. The van der Waals surface area contributed by atoms with Gasteiger partial charge in [0, 0.05) is 23.6 Å². The smallest absolute Gasteiger partial charge is 0.308 e. The monoisotopic (exact) mass is 423 g/mol. The summed E-state index contributed by atoms with van der Waals surface area (Å²) < 4.78 is 5.00. The molecule has 0 radical (unpaired) electrons. The zero-order chi connectivity index (χ0) is 22.4. The van der Waals surface area contributed by atoms with Crippen LogP contribution in [0.5, 0.6) is 0 Å². The normalized spacial score (nSPS) is 17.8. The first-order valence-electron chi connectivity index (χ1n) is 10.00. The highest BCUT2D eigenvalue weighted by Gasteiger charge is 2.48. The molecular weight excluding hydrogens is 398 g/mol. The van der Waals surface area contributed by atoms with Gasteiger partial charge >= 0.3 is 5.97 Å². The lowest BCUT2D eigenvalue weighted by Crippen LogP contribution is -2.33. The average Bonchev–Trinajstić information content (AvgIpc) is 3.56. The van der Waals surface area contributed by atoms with Crippen molar-refractivity contribution in [2.24, 2.45) is 17.6 Å². The standard InChI is InChI=1S/C22H25N5O4/c1-2-31-19(28)11-18(14-4-3-9-25-12-14)27-22(30)17-10-16(17)21(29)26-15-7-5-13(6-8-15)20(23)24/h3-9,12,16-18H,2,10-11H2,1H3,(H3,23,24)(H,26,29)(H,27,30). The Bertz CT molecular complexity index is 962. The number of carbonyl (C=O) groups excluding carboxylic acids is 3. The van der Waals surface area contributed by atoms with Gasteiger partial charge in [-0.15, -0.1) is 0 Å². The molecule has 2 aromatic rings. The molecule has 1 saturated carbocycles.